The van der Waals surface area contributed by atoms with Crippen molar-refractivity contribution < 1.29 is 22.7 Å². The van der Waals surface area contributed by atoms with Crippen molar-refractivity contribution in [2.24, 2.45) is 0 Å². The summed E-state index contributed by atoms with van der Waals surface area (Å²) in [6.45, 7) is 3.07. The lowest BCUT2D eigenvalue weighted by atomic mass is 10.0. The standard InChI is InChI=1S/C24H26N2O5S2/c1-17-4-6-18(7-5-17)20-10-15-32-23(20)24(27)25-11-13-26(14-12-25)33(28,29)22-16-19(30-2)8-9-21(22)31-3/h4-10,15-16H,11-14H2,1-3H3. The van der Waals surface area contributed by atoms with E-state index in [2.05, 4.69) is 0 Å². The van der Waals surface area contributed by atoms with Gasteiger partial charge in [0.25, 0.3) is 5.91 Å². The highest BCUT2D eigenvalue weighted by Gasteiger charge is 2.33. The Balaban J connectivity index is 1.50. The topological polar surface area (TPSA) is 76.2 Å². The van der Waals surface area contributed by atoms with Gasteiger partial charge in [-0.15, -0.1) is 11.3 Å². The van der Waals surface area contributed by atoms with Crippen molar-refractivity contribution in [3.8, 4) is 22.6 Å². The second kappa shape index (κ2) is 9.54. The summed E-state index contributed by atoms with van der Waals surface area (Å²) in [5, 5.41) is 1.91. The van der Waals surface area contributed by atoms with Crippen LogP contribution in [0, 0.1) is 6.92 Å². The lowest BCUT2D eigenvalue weighted by molar-refractivity contribution is 0.0703. The average molecular weight is 487 g/mol. The Bertz CT molecular complexity index is 1240. The molecule has 1 saturated heterocycles. The molecule has 0 bridgehead atoms. The Morgan fingerprint density at radius 1 is 0.939 bits per heavy atom. The maximum Gasteiger partial charge on any atom is 0.264 e. The summed E-state index contributed by atoms with van der Waals surface area (Å²) in [5.41, 5.74) is 3.06. The summed E-state index contributed by atoms with van der Waals surface area (Å²) in [6, 6.07) is 14.7. The van der Waals surface area contributed by atoms with Gasteiger partial charge in [0.2, 0.25) is 10.0 Å². The van der Waals surface area contributed by atoms with Crippen molar-refractivity contribution in [3.63, 3.8) is 0 Å². The van der Waals surface area contributed by atoms with Crippen LogP contribution in [0.5, 0.6) is 11.5 Å². The zero-order chi connectivity index (χ0) is 23.6. The lowest BCUT2D eigenvalue weighted by Gasteiger charge is -2.34. The highest BCUT2D eigenvalue weighted by molar-refractivity contribution is 7.89. The van der Waals surface area contributed by atoms with Crippen LogP contribution in [0.15, 0.2) is 58.8 Å². The molecule has 9 heteroatoms. The fraction of sp³-hybridized carbons (Fsp3) is 0.292. The van der Waals surface area contributed by atoms with Gasteiger partial charge in [0.1, 0.15) is 16.4 Å². The Kier molecular flexibility index (Phi) is 6.73. The number of benzene rings is 2. The molecule has 3 aromatic rings. The second-order valence-corrected chi connectivity index (χ2v) is 10.6. The largest absolute Gasteiger partial charge is 0.497 e. The lowest BCUT2D eigenvalue weighted by Crippen LogP contribution is -2.50. The van der Waals surface area contributed by atoms with Gasteiger partial charge in [0, 0.05) is 37.8 Å². The number of methoxy groups -OCH3 is 2. The first-order valence-electron chi connectivity index (χ1n) is 10.5. The molecule has 4 rings (SSSR count). The van der Waals surface area contributed by atoms with Crippen molar-refractivity contribution in [2.45, 2.75) is 11.8 Å². The number of carbonyl (C=O) groups is 1. The normalized spacial score (nSPS) is 14.8. The molecule has 0 unspecified atom stereocenters. The highest BCUT2D eigenvalue weighted by Crippen LogP contribution is 2.32. The minimum Gasteiger partial charge on any atom is -0.497 e. The molecule has 0 spiro atoms. The molecule has 1 aliphatic heterocycles. The molecule has 0 N–H and O–H groups in total. The van der Waals surface area contributed by atoms with Crippen LogP contribution >= 0.6 is 11.3 Å². The van der Waals surface area contributed by atoms with E-state index in [1.165, 1.54) is 35.9 Å². The van der Waals surface area contributed by atoms with Crippen molar-refractivity contribution >= 4 is 27.3 Å². The van der Waals surface area contributed by atoms with Gasteiger partial charge >= 0.3 is 0 Å². The van der Waals surface area contributed by atoms with E-state index in [0.29, 0.717) is 23.7 Å². The van der Waals surface area contributed by atoms with Crippen LogP contribution in [-0.2, 0) is 10.0 Å². The van der Waals surface area contributed by atoms with Crippen molar-refractivity contribution in [3.05, 3.63) is 64.4 Å². The Morgan fingerprint density at radius 3 is 2.27 bits per heavy atom. The Hall–Kier alpha value is -2.88. The van der Waals surface area contributed by atoms with Gasteiger partial charge in [0.05, 0.1) is 19.1 Å². The van der Waals surface area contributed by atoms with E-state index >= 15 is 0 Å². The summed E-state index contributed by atoms with van der Waals surface area (Å²) in [4.78, 5) is 15.7. The monoisotopic (exact) mass is 486 g/mol. The molecule has 1 fully saturated rings. The predicted octanol–water partition coefficient (Wildman–Crippen LogP) is 3.89. The van der Waals surface area contributed by atoms with E-state index in [1.54, 1.807) is 17.0 Å². The van der Waals surface area contributed by atoms with E-state index < -0.39 is 10.0 Å². The summed E-state index contributed by atoms with van der Waals surface area (Å²) >= 11 is 1.41. The summed E-state index contributed by atoms with van der Waals surface area (Å²) in [7, 11) is -0.884. The zero-order valence-electron chi connectivity index (χ0n) is 18.8. The number of ether oxygens (including phenoxy) is 2. The molecule has 0 saturated carbocycles. The van der Waals surface area contributed by atoms with Gasteiger partial charge in [-0.05, 0) is 36.1 Å². The van der Waals surface area contributed by atoms with Crippen LogP contribution in [-0.4, -0.2) is 63.9 Å². The fourth-order valence-electron chi connectivity index (χ4n) is 3.84. The number of piperazine rings is 1. The van der Waals surface area contributed by atoms with Gasteiger partial charge in [0.15, 0.2) is 0 Å². The Labute approximate surface area is 198 Å². The fourth-order valence-corrected chi connectivity index (χ4v) is 6.31. The second-order valence-electron chi connectivity index (χ2n) is 7.74. The van der Waals surface area contributed by atoms with Gasteiger partial charge < -0.3 is 14.4 Å². The molecule has 1 amide bonds. The Morgan fingerprint density at radius 2 is 1.64 bits per heavy atom. The first kappa shape index (κ1) is 23.3. The molecular formula is C24H26N2O5S2. The van der Waals surface area contributed by atoms with Crippen LogP contribution in [0.4, 0.5) is 0 Å². The van der Waals surface area contributed by atoms with Crippen LogP contribution in [0.2, 0.25) is 0 Å². The minimum absolute atomic E-state index is 0.0593. The number of rotatable bonds is 6. The molecule has 174 valence electrons. The smallest absolute Gasteiger partial charge is 0.264 e. The van der Waals surface area contributed by atoms with Gasteiger partial charge in [-0.3, -0.25) is 4.79 Å². The third-order valence-corrected chi connectivity index (χ3v) is 8.56. The molecule has 2 heterocycles. The number of hydrogen-bond acceptors (Lipinski definition) is 6. The summed E-state index contributed by atoms with van der Waals surface area (Å²) < 4.78 is 38.4. The van der Waals surface area contributed by atoms with Gasteiger partial charge in [-0.1, -0.05) is 29.8 Å². The van der Waals surface area contributed by atoms with Crippen molar-refractivity contribution in [1.29, 1.82) is 0 Å². The summed E-state index contributed by atoms with van der Waals surface area (Å²) in [6.07, 6.45) is 0. The zero-order valence-corrected chi connectivity index (χ0v) is 20.4. The number of aryl methyl sites for hydroxylation is 1. The van der Waals surface area contributed by atoms with Gasteiger partial charge in [-0.25, -0.2) is 8.42 Å². The third-order valence-electron chi connectivity index (χ3n) is 5.74. The van der Waals surface area contributed by atoms with Gasteiger partial charge in [-0.2, -0.15) is 4.31 Å². The van der Waals surface area contributed by atoms with E-state index in [1.807, 2.05) is 42.6 Å². The first-order chi connectivity index (χ1) is 15.8. The van der Waals surface area contributed by atoms with Crippen LogP contribution in [0.1, 0.15) is 15.2 Å². The average Bonchev–Trinajstić information content (AvgIpc) is 3.33. The third kappa shape index (κ3) is 4.62. The molecule has 0 radical (unpaired) electrons. The number of nitrogens with zero attached hydrogens (tertiary/aromatic N) is 2. The molecule has 0 atom stereocenters. The summed E-state index contributed by atoms with van der Waals surface area (Å²) in [5.74, 6) is 0.622. The van der Waals surface area contributed by atoms with Crippen LogP contribution in [0.25, 0.3) is 11.1 Å². The predicted molar refractivity (Wildman–Crippen MR) is 129 cm³/mol. The maximum absolute atomic E-state index is 13.3. The SMILES string of the molecule is COc1ccc(OC)c(S(=O)(=O)N2CCN(C(=O)c3sccc3-c3ccc(C)cc3)CC2)c1. The maximum atomic E-state index is 13.3. The van der Waals surface area contributed by atoms with Crippen molar-refractivity contribution in [1.82, 2.24) is 9.21 Å². The number of thiophene rings is 1. The number of sulfonamides is 1. The van der Waals surface area contributed by atoms with Crippen LogP contribution < -0.4 is 9.47 Å². The first-order valence-corrected chi connectivity index (χ1v) is 12.8. The number of amides is 1. The number of carbonyl (C=O) groups excluding carboxylic acids is 1. The molecule has 1 aromatic heterocycles. The molecule has 0 aliphatic carbocycles. The van der Waals surface area contributed by atoms with E-state index in [-0.39, 0.29) is 29.6 Å². The number of hydrogen-bond donors (Lipinski definition) is 0. The highest BCUT2D eigenvalue weighted by atomic mass is 32.2. The molecule has 2 aromatic carbocycles. The molecular weight excluding hydrogens is 460 g/mol. The van der Waals surface area contributed by atoms with E-state index in [4.69, 9.17) is 9.47 Å². The van der Waals surface area contributed by atoms with E-state index in [9.17, 15) is 13.2 Å². The minimum atomic E-state index is -3.80. The quantitative estimate of drug-likeness (QED) is 0.528. The van der Waals surface area contributed by atoms with E-state index in [0.717, 1.165) is 16.7 Å². The van der Waals surface area contributed by atoms with Crippen molar-refractivity contribution in [2.75, 3.05) is 40.4 Å². The van der Waals surface area contributed by atoms with Crippen LogP contribution in [0.3, 0.4) is 0 Å². The molecule has 7 nitrogen and oxygen atoms in total. The molecule has 1 aliphatic rings. The molecule has 33 heavy (non-hydrogen) atoms.